The van der Waals surface area contributed by atoms with Crippen LogP contribution in [0.1, 0.15) is 6.92 Å². The van der Waals surface area contributed by atoms with Crippen molar-refractivity contribution in [1.29, 1.82) is 0 Å². The number of carbonyl (C=O) groups is 2. The Bertz CT molecular complexity index is 1410. The van der Waals surface area contributed by atoms with Crippen molar-refractivity contribution in [3.8, 4) is 39.4 Å². The van der Waals surface area contributed by atoms with Crippen LogP contribution in [0.5, 0.6) is 5.75 Å². The van der Waals surface area contributed by atoms with Crippen LogP contribution in [0.2, 0.25) is 5.02 Å². The molecule has 0 aliphatic carbocycles. The summed E-state index contributed by atoms with van der Waals surface area (Å²) >= 11 is 9.61. The summed E-state index contributed by atoms with van der Waals surface area (Å²) in [4.78, 5) is 31.2. The quantitative estimate of drug-likeness (QED) is 0.236. The van der Waals surface area contributed by atoms with Gasteiger partial charge in [-0.1, -0.05) is 51.8 Å². The van der Waals surface area contributed by atoms with E-state index in [1.54, 1.807) is 13.0 Å². The lowest BCUT2D eigenvalue weighted by atomic mass is 9.99. The summed E-state index contributed by atoms with van der Waals surface area (Å²) in [5.41, 5.74) is 5.71. The van der Waals surface area contributed by atoms with Gasteiger partial charge in [0.15, 0.2) is 6.61 Å². The highest BCUT2D eigenvalue weighted by atomic mass is 79.9. The summed E-state index contributed by atoms with van der Waals surface area (Å²) in [5.74, 6) is -0.264. The first-order chi connectivity index (χ1) is 17.9. The monoisotopic (exact) mass is 576 g/mol. The van der Waals surface area contributed by atoms with Gasteiger partial charge in [-0.25, -0.2) is 4.98 Å². The third kappa shape index (κ3) is 5.53. The van der Waals surface area contributed by atoms with Gasteiger partial charge in [-0.2, -0.15) is 0 Å². The fourth-order valence-electron chi connectivity index (χ4n) is 4.13. The standard InChI is InChI=1S/C29H22BrClN2O4/c1-2-36-29(35)16-33-26-15-20(7-12-27(26)37-17-28(33)34)25-14-21(18-5-10-23(31)11-6-18)13-24(32-25)19-3-8-22(30)9-4-19/h3-15H,2,16-17H2,1H3. The zero-order chi connectivity index (χ0) is 25.9. The largest absolute Gasteiger partial charge is 0.482 e. The fraction of sp³-hybridized carbons (Fsp3) is 0.138. The molecule has 0 atom stereocenters. The number of anilines is 1. The van der Waals surface area contributed by atoms with Crippen molar-refractivity contribution in [3.63, 3.8) is 0 Å². The second-order valence-corrected chi connectivity index (χ2v) is 9.75. The molecule has 0 unspecified atom stereocenters. The topological polar surface area (TPSA) is 68.7 Å². The van der Waals surface area contributed by atoms with Crippen LogP contribution in [0.15, 0.2) is 83.3 Å². The van der Waals surface area contributed by atoms with Crippen LogP contribution in [0.3, 0.4) is 0 Å². The van der Waals surface area contributed by atoms with Crippen molar-refractivity contribution < 1.29 is 19.1 Å². The molecule has 3 aromatic carbocycles. The smallest absolute Gasteiger partial charge is 0.326 e. The van der Waals surface area contributed by atoms with Crippen LogP contribution in [-0.2, 0) is 14.3 Å². The van der Waals surface area contributed by atoms with E-state index in [2.05, 4.69) is 15.9 Å². The first kappa shape index (κ1) is 25.0. The summed E-state index contributed by atoms with van der Waals surface area (Å²) in [6, 6.07) is 25.1. The fourth-order valence-corrected chi connectivity index (χ4v) is 4.52. The van der Waals surface area contributed by atoms with Crippen molar-refractivity contribution in [2.24, 2.45) is 0 Å². The highest BCUT2D eigenvalue weighted by molar-refractivity contribution is 9.10. The number of hydrogen-bond acceptors (Lipinski definition) is 5. The normalized spacial score (nSPS) is 12.6. The molecule has 0 saturated carbocycles. The van der Waals surface area contributed by atoms with Crippen molar-refractivity contribution in [2.45, 2.75) is 6.92 Å². The molecule has 1 aliphatic heterocycles. The molecule has 5 rings (SSSR count). The maximum absolute atomic E-state index is 12.6. The molecule has 6 nitrogen and oxygen atoms in total. The second-order valence-electron chi connectivity index (χ2n) is 8.40. The van der Waals surface area contributed by atoms with Gasteiger partial charge in [-0.15, -0.1) is 0 Å². The summed E-state index contributed by atoms with van der Waals surface area (Å²) in [6.07, 6.45) is 0. The van der Waals surface area contributed by atoms with Crippen LogP contribution in [0.4, 0.5) is 5.69 Å². The number of amides is 1. The van der Waals surface area contributed by atoms with E-state index in [0.29, 0.717) is 22.2 Å². The Balaban J connectivity index is 1.62. The molecule has 0 fully saturated rings. The number of aromatic nitrogens is 1. The maximum Gasteiger partial charge on any atom is 0.326 e. The van der Waals surface area contributed by atoms with Gasteiger partial charge >= 0.3 is 5.97 Å². The highest BCUT2D eigenvalue weighted by Gasteiger charge is 2.28. The molecule has 0 bridgehead atoms. The molecule has 0 radical (unpaired) electrons. The average molecular weight is 578 g/mol. The molecule has 1 aromatic heterocycles. The SMILES string of the molecule is CCOC(=O)CN1C(=O)COc2ccc(-c3cc(-c4ccc(Cl)cc4)cc(-c4ccc(Br)cc4)n3)cc21. The van der Waals surface area contributed by atoms with E-state index < -0.39 is 5.97 Å². The molecule has 0 saturated heterocycles. The van der Waals surface area contributed by atoms with E-state index in [-0.39, 0.29) is 25.7 Å². The van der Waals surface area contributed by atoms with Gasteiger partial charge in [-0.3, -0.25) is 14.5 Å². The number of hydrogen-bond donors (Lipinski definition) is 0. The molecule has 2 heterocycles. The Kier molecular flexibility index (Phi) is 7.26. The van der Waals surface area contributed by atoms with E-state index in [9.17, 15) is 9.59 Å². The highest BCUT2D eigenvalue weighted by Crippen LogP contribution is 2.37. The van der Waals surface area contributed by atoms with E-state index in [1.807, 2.05) is 72.8 Å². The zero-order valence-corrected chi connectivity index (χ0v) is 22.3. The molecule has 0 N–H and O–H groups in total. The minimum atomic E-state index is -0.477. The number of benzene rings is 3. The molecule has 1 amide bonds. The lowest BCUT2D eigenvalue weighted by Crippen LogP contribution is -2.42. The van der Waals surface area contributed by atoms with Crippen LogP contribution >= 0.6 is 27.5 Å². The second kappa shape index (κ2) is 10.7. The molecule has 4 aromatic rings. The van der Waals surface area contributed by atoms with Crippen molar-refractivity contribution in [3.05, 3.63) is 88.4 Å². The van der Waals surface area contributed by atoms with E-state index in [1.165, 1.54) is 4.90 Å². The first-order valence-electron chi connectivity index (χ1n) is 11.7. The van der Waals surface area contributed by atoms with Crippen molar-refractivity contribution >= 4 is 45.1 Å². The number of fused-ring (bicyclic) bond motifs is 1. The number of esters is 1. The third-order valence-corrected chi connectivity index (χ3v) is 6.71. The van der Waals surface area contributed by atoms with Crippen molar-refractivity contribution in [1.82, 2.24) is 4.98 Å². The summed E-state index contributed by atoms with van der Waals surface area (Å²) < 4.78 is 11.7. The Labute approximate surface area is 227 Å². The van der Waals surface area contributed by atoms with Crippen LogP contribution in [0, 0.1) is 0 Å². The first-order valence-corrected chi connectivity index (χ1v) is 12.9. The number of nitrogens with zero attached hydrogens (tertiary/aromatic N) is 2. The summed E-state index contributed by atoms with van der Waals surface area (Å²) in [7, 11) is 0. The lowest BCUT2D eigenvalue weighted by Gasteiger charge is -2.29. The number of rotatable bonds is 6. The van der Waals surface area contributed by atoms with Gasteiger partial charge in [0, 0.05) is 20.6 Å². The average Bonchev–Trinajstić information content (AvgIpc) is 2.91. The van der Waals surface area contributed by atoms with Gasteiger partial charge in [-0.05, 0) is 72.6 Å². The third-order valence-electron chi connectivity index (χ3n) is 5.93. The Morgan fingerprint density at radius 2 is 1.59 bits per heavy atom. The summed E-state index contributed by atoms with van der Waals surface area (Å²) in [6.45, 7) is 1.65. The zero-order valence-electron chi connectivity index (χ0n) is 19.9. The predicted molar refractivity (Wildman–Crippen MR) is 148 cm³/mol. The number of carbonyl (C=O) groups excluding carboxylic acids is 2. The van der Waals surface area contributed by atoms with E-state index in [4.69, 9.17) is 26.1 Å². The van der Waals surface area contributed by atoms with Crippen LogP contribution in [-0.4, -0.2) is 36.6 Å². The number of halogens is 2. The van der Waals surface area contributed by atoms with Gasteiger partial charge in [0.25, 0.3) is 5.91 Å². The minimum Gasteiger partial charge on any atom is -0.482 e. The van der Waals surface area contributed by atoms with Crippen LogP contribution in [0.25, 0.3) is 33.6 Å². The summed E-state index contributed by atoms with van der Waals surface area (Å²) in [5, 5.41) is 0.659. The molecule has 1 aliphatic rings. The molecule has 0 spiro atoms. The van der Waals surface area contributed by atoms with Crippen LogP contribution < -0.4 is 9.64 Å². The van der Waals surface area contributed by atoms with Gasteiger partial charge in [0.05, 0.1) is 23.7 Å². The minimum absolute atomic E-state index is 0.135. The van der Waals surface area contributed by atoms with E-state index in [0.717, 1.165) is 32.4 Å². The van der Waals surface area contributed by atoms with Gasteiger partial charge in [0.2, 0.25) is 0 Å². The molecular formula is C29H22BrClN2O4. The van der Waals surface area contributed by atoms with Crippen molar-refractivity contribution in [2.75, 3.05) is 24.7 Å². The molecule has 186 valence electrons. The molecular weight excluding hydrogens is 556 g/mol. The Morgan fingerprint density at radius 3 is 2.30 bits per heavy atom. The predicted octanol–water partition coefficient (Wildman–Crippen LogP) is 6.79. The Morgan fingerprint density at radius 1 is 0.946 bits per heavy atom. The number of ether oxygens (including phenoxy) is 2. The lowest BCUT2D eigenvalue weighted by molar-refractivity contribution is -0.142. The van der Waals surface area contributed by atoms with Gasteiger partial charge < -0.3 is 9.47 Å². The number of pyridine rings is 1. The van der Waals surface area contributed by atoms with E-state index >= 15 is 0 Å². The Hall–Kier alpha value is -3.68. The van der Waals surface area contributed by atoms with Gasteiger partial charge in [0.1, 0.15) is 12.3 Å². The molecule has 8 heteroatoms. The maximum atomic E-state index is 12.6. The molecule has 37 heavy (non-hydrogen) atoms.